The molecule has 3 N–H and O–H groups in total. The van der Waals surface area contributed by atoms with Crippen molar-refractivity contribution in [2.24, 2.45) is 5.92 Å². The molecular weight excluding hydrogens is 340 g/mol. The highest BCUT2D eigenvalue weighted by Gasteiger charge is 2.26. The van der Waals surface area contributed by atoms with Crippen molar-refractivity contribution in [1.29, 1.82) is 0 Å². The molecule has 0 bridgehead atoms. The lowest BCUT2D eigenvalue weighted by molar-refractivity contribution is -0.143. The molecule has 26 heavy (non-hydrogen) atoms. The van der Waals surface area contributed by atoms with Gasteiger partial charge in [0, 0.05) is 11.7 Å². The van der Waals surface area contributed by atoms with Gasteiger partial charge in [-0.05, 0) is 49.9 Å². The predicted octanol–water partition coefficient (Wildman–Crippen LogP) is 2.39. The zero-order chi connectivity index (χ0) is 18.9. The zero-order valence-corrected chi connectivity index (χ0v) is 14.7. The van der Waals surface area contributed by atoms with Crippen LogP contribution in [0.3, 0.4) is 0 Å². The van der Waals surface area contributed by atoms with Gasteiger partial charge in [-0.2, -0.15) is 0 Å². The van der Waals surface area contributed by atoms with Crippen molar-refractivity contribution in [3.63, 3.8) is 0 Å². The topological polar surface area (TPSA) is 114 Å². The van der Waals surface area contributed by atoms with Gasteiger partial charge in [-0.15, -0.1) is 0 Å². The maximum Gasteiger partial charge on any atom is 0.319 e. The van der Waals surface area contributed by atoms with E-state index < -0.39 is 5.97 Å². The second-order valence-electron chi connectivity index (χ2n) is 6.18. The number of ether oxygens (including phenoxy) is 2. The summed E-state index contributed by atoms with van der Waals surface area (Å²) in [5.74, 6) is -0.811. The smallest absolute Gasteiger partial charge is 0.319 e. The molecular formula is C18H24N2O6. The Morgan fingerprint density at radius 3 is 2.35 bits per heavy atom. The van der Waals surface area contributed by atoms with Crippen LogP contribution in [0.25, 0.3) is 0 Å². The maximum absolute atomic E-state index is 12.0. The minimum Gasteiger partial charge on any atom is -0.493 e. The number of rotatable bonds is 7. The van der Waals surface area contributed by atoms with E-state index in [4.69, 9.17) is 9.84 Å². The number of esters is 1. The van der Waals surface area contributed by atoms with E-state index in [-0.39, 0.29) is 37.0 Å². The van der Waals surface area contributed by atoms with E-state index in [1.807, 2.05) is 0 Å². The van der Waals surface area contributed by atoms with E-state index in [2.05, 4.69) is 15.4 Å². The van der Waals surface area contributed by atoms with Gasteiger partial charge in [-0.3, -0.25) is 9.59 Å². The van der Waals surface area contributed by atoms with Crippen LogP contribution in [-0.4, -0.2) is 42.8 Å². The third kappa shape index (κ3) is 6.27. The summed E-state index contributed by atoms with van der Waals surface area (Å²) in [7, 11) is 1.33. The normalized spacial score (nSPS) is 19.3. The van der Waals surface area contributed by atoms with E-state index in [0.717, 1.165) is 0 Å². The van der Waals surface area contributed by atoms with Gasteiger partial charge < -0.3 is 25.2 Å². The Morgan fingerprint density at radius 2 is 1.77 bits per heavy atom. The number of benzene rings is 1. The molecule has 1 aliphatic rings. The number of methoxy groups -OCH3 is 1. The largest absolute Gasteiger partial charge is 0.493 e. The van der Waals surface area contributed by atoms with Gasteiger partial charge in [0.2, 0.25) is 0 Å². The van der Waals surface area contributed by atoms with Crippen LogP contribution >= 0.6 is 0 Å². The van der Waals surface area contributed by atoms with Crippen LogP contribution in [0.2, 0.25) is 0 Å². The number of aliphatic carboxylic acids is 1. The second kappa shape index (κ2) is 9.65. The Balaban J connectivity index is 1.72. The molecule has 0 saturated heterocycles. The number of anilines is 1. The molecule has 1 aromatic carbocycles. The second-order valence-corrected chi connectivity index (χ2v) is 6.18. The van der Waals surface area contributed by atoms with Crippen LogP contribution in [0, 0.1) is 5.92 Å². The number of hydrogen-bond acceptors (Lipinski definition) is 5. The highest BCUT2D eigenvalue weighted by Crippen LogP contribution is 2.24. The third-order valence-corrected chi connectivity index (χ3v) is 4.33. The molecule has 2 rings (SSSR count). The van der Waals surface area contributed by atoms with Gasteiger partial charge in [0.1, 0.15) is 5.75 Å². The number of carboxylic acid groups (broad SMARTS) is 1. The Hall–Kier alpha value is -2.77. The molecule has 0 radical (unpaired) electrons. The molecule has 1 saturated carbocycles. The highest BCUT2D eigenvalue weighted by atomic mass is 16.5. The summed E-state index contributed by atoms with van der Waals surface area (Å²) >= 11 is 0. The number of hydrogen-bond donors (Lipinski definition) is 3. The third-order valence-electron chi connectivity index (χ3n) is 4.33. The summed E-state index contributed by atoms with van der Waals surface area (Å²) in [4.78, 5) is 34.0. The maximum atomic E-state index is 12.0. The number of carbonyl (C=O) groups excluding carboxylic acids is 2. The van der Waals surface area contributed by atoms with E-state index in [1.165, 1.54) is 7.11 Å². The van der Waals surface area contributed by atoms with Crippen molar-refractivity contribution in [2.45, 2.75) is 38.1 Å². The Kier molecular flexibility index (Phi) is 7.25. The van der Waals surface area contributed by atoms with Crippen molar-refractivity contribution in [3.05, 3.63) is 24.3 Å². The summed E-state index contributed by atoms with van der Waals surface area (Å²) in [5.41, 5.74) is 0.613. The van der Waals surface area contributed by atoms with Gasteiger partial charge in [0.25, 0.3) is 0 Å². The minimum atomic E-state index is -0.762. The summed E-state index contributed by atoms with van der Waals surface area (Å²) < 4.78 is 9.94. The Labute approximate surface area is 151 Å². The first-order valence-corrected chi connectivity index (χ1v) is 8.58. The first kappa shape index (κ1) is 19.6. The van der Waals surface area contributed by atoms with Crippen molar-refractivity contribution in [1.82, 2.24) is 5.32 Å². The van der Waals surface area contributed by atoms with Crippen LogP contribution in [0.5, 0.6) is 5.75 Å². The molecule has 142 valence electrons. The van der Waals surface area contributed by atoms with Crippen LogP contribution in [0.15, 0.2) is 24.3 Å². The van der Waals surface area contributed by atoms with Gasteiger partial charge >= 0.3 is 18.0 Å². The minimum absolute atomic E-state index is 0.00784. The highest BCUT2D eigenvalue weighted by molar-refractivity contribution is 5.89. The standard InChI is InChI=1S/C18H24N2O6/c1-25-16(21)10-11-26-15-8-6-14(7-9-15)20-18(24)19-13-4-2-12(3-5-13)17(22)23/h6-9,12-13H,2-5,10-11H2,1H3,(H,22,23)(H2,19,20,24). The lowest BCUT2D eigenvalue weighted by Crippen LogP contribution is -2.40. The number of urea groups is 1. The Bertz CT molecular complexity index is 623. The van der Waals surface area contributed by atoms with Gasteiger partial charge in [-0.25, -0.2) is 4.79 Å². The average Bonchev–Trinajstić information content (AvgIpc) is 2.63. The molecule has 8 heteroatoms. The number of nitrogens with one attached hydrogen (secondary N) is 2. The summed E-state index contributed by atoms with van der Waals surface area (Å²) in [6.45, 7) is 0.221. The molecule has 0 heterocycles. The van der Waals surface area contributed by atoms with Crippen LogP contribution in [0.1, 0.15) is 32.1 Å². The van der Waals surface area contributed by atoms with E-state index in [1.54, 1.807) is 24.3 Å². The monoisotopic (exact) mass is 364 g/mol. The SMILES string of the molecule is COC(=O)CCOc1ccc(NC(=O)NC2CCC(C(=O)O)CC2)cc1. The van der Waals surface area contributed by atoms with Crippen LogP contribution in [0.4, 0.5) is 10.5 Å². The average molecular weight is 364 g/mol. The van der Waals surface area contributed by atoms with Crippen molar-refractivity contribution in [3.8, 4) is 5.75 Å². The fraction of sp³-hybridized carbons (Fsp3) is 0.500. The molecule has 0 atom stereocenters. The summed E-state index contributed by atoms with van der Waals surface area (Å²) in [6, 6.07) is 6.48. The van der Waals surface area contributed by atoms with E-state index in [9.17, 15) is 14.4 Å². The van der Waals surface area contributed by atoms with E-state index in [0.29, 0.717) is 37.1 Å². The molecule has 0 spiro atoms. The number of carboxylic acids is 1. The lowest BCUT2D eigenvalue weighted by atomic mass is 9.86. The number of carbonyl (C=O) groups is 3. The molecule has 1 aromatic rings. The number of amides is 2. The lowest BCUT2D eigenvalue weighted by Gasteiger charge is -2.26. The van der Waals surface area contributed by atoms with Gasteiger partial charge in [0.05, 0.1) is 26.1 Å². The first-order valence-electron chi connectivity index (χ1n) is 8.58. The molecule has 1 aliphatic carbocycles. The van der Waals surface area contributed by atoms with Gasteiger partial charge in [-0.1, -0.05) is 0 Å². The fourth-order valence-corrected chi connectivity index (χ4v) is 2.83. The molecule has 0 aromatic heterocycles. The molecule has 8 nitrogen and oxygen atoms in total. The fourth-order valence-electron chi connectivity index (χ4n) is 2.83. The summed E-state index contributed by atoms with van der Waals surface area (Å²) in [6.07, 6.45) is 2.66. The predicted molar refractivity (Wildman–Crippen MR) is 94.1 cm³/mol. The quantitative estimate of drug-likeness (QED) is 0.640. The zero-order valence-electron chi connectivity index (χ0n) is 14.7. The molecule has 0 aliphatic heterocycles. The first-order chi connectivity index (χ1) is 12.5. The molecule has 2 amide bonds. The van der Waals surface area contributed by atoms with Gasteiger partial charge in [0.15, 0.2) is 0 Å². The summed E-state index contributed by atoms with van der Waals surface area (Å²) in [5, 5.41) is 14.6. The van der Waals surface area contributed by atoms with Crippen molar-refractivity contribution >= 4 is 23.7 Å². The molecule has 0 unspecified atom stereocenters. The van der Waals surface area contributed by atoms with Crippen molar-refractivity contribution in [2.75, 3.05) is 19.0 Å². The van der Waals surface area contributed by atoms with Crippen molar-refractivity contribution < 1.29 is 29.0 Å². The molecule has 1 fully saturated rings. The van der Waals surface area contributed by atoms with Crippen LogP contribution < -0.4 is 15.4 Å². The Morgan fingerprint density at radius 1 is 1.12 bits per heavy atom. The van der Waals surface area contributed by atoms with Crippen LogP contribution in [-0.2, 0) is 14.3 Å². The van der Waals surface area contributed by atoms with E-state index >= 15 is 0 Å².